The van der Waals surface area contributed by atoms with Crippen LogP contribution in [-0.2, 0) is 28.9 Å². The highest BCUT2D eigenvalue weighted by molar-refractivity contribution is 7.80. The summed E-state index contributed by atoms with van der Waals surface area (Å²) in [6.45, 7) is 3.15. The molecule has 8 unspecified atom stereocenters. The molecule has 346 valence electrons. The topological polar surface area (TPSA) is 212 Å². The van der Waals surface area contributed by atoms with E-state index in [-0.39, 0.29) is 6.42 Å². The Labute approximate surface area is 357 Å². The molecule has 1 heterocycles. The number of allylic oxidation sites excluding steroid dienone is 5. The lowest BCUT2D eigenvalue weighted by Crippen LogP contribution is -2.61. The average molecular weight is 862 g/mol. The first-order valence-corrected chi connectivity index (χ1v) is 24.3. The van der Waals surface area contributed by atoms with E-state index >= 15 is 0 Å². The number of ether oxygens (including phenoxy) is 2. The van der Waals surface area contributed by atoms with Crippen molar-refractivity contribution in [1.29, 1.82) is 0 Å². The van der Waals surface area contributed by atoms with Gasteiger partial charge in [-0.15, -0.1) is 0 Å². The molecule has 1 rings (SSSR count). The normalized spacial score (nSPS) is 21.8. The summed E-state index contributed by atoms with van der Waals surface area (Å²) in [5.41, 5.74) is 0. The van der Waals surface area contributed by atoms with Crippen LogP contribution in [-0.4, -0.2) is 107 Å². The molecule has 1 aliphatic rings. The van der Waals surface area contributed by atoms with Crippen LogP contribution in [0.5, 0.6) is 0 Å². The standard InChI is InChI=1S/C45H83NO12S/c1-3-5-7-9-11-13-15-17-18-19-20-22-24-26-28-30-32-34-39(49)44(52)46-37(38(48)33-31-29-27-25-23-21-16-14-12-10-8-6-4-2)36-56-45-42(51)43(58-59(53,54)55)41(50)40(35-47)57-45/h12,14,23,25,31,33,37-43,45,47-51H,3-11,13,15-22,24,26-30,32,34-36H2,1-2H3,(H,46,52)(H,53,54,55)/b14-12+,25-23+,33-31+. The van der Waals surface area contributed by atoms with E-state index in [2.05, 4.69) is 47.7 Å². The van der Waals surface area contributed by atoms with E-state index in [1.54, 1.807) is 6.08 Å². The fourth-order valence-corrected chi connectivity index (χ4v) is 7.59. The van der Waals surface area contributed by atoms with E-state index in [1.807, 2.05) is 0 Å². The number of unbranched alkanes of at least 4 members (excludes halogenated alkanes) is 21. The number of aliphatic hydroxyl groups is 5. The first-order valence-electron chi connectivity index (χ1n) is 23.0. The summed E-state index contributed by atoms with van der Waals surface area (Å²) in [5.74, 6) is -0.716. The fourth-order valence-electron chi connectivity index (χ4n) is 7.08. The molecular weight excluding hydrogens is 779 g/mol. The molecule has 7 N–H and O–H groups in total. The molecule has 1 aliphatic heterocycles. The maximum Gasteiger partial charge on any atom is 0.397 e. The molecule has 0 spiro atoms. The second kappa shape index (κ2) is 35.8. The van der Waals surface area contributed by atoms with Crippen molar-refractivity contribution in [3.8, 4) is 0 Å². The summed E-state index contributed by atoms with van der Waals surface area (Å²) in [6, 6.07) is -1.14. The van der Waals surface area contributed by atoms with Gasteiger partial charge in [0.2, 0.25) is 5.91 Å². The highest BCUT2D eigenvalue weighted by Gasteiger charge is 2.48. The third-order valence-corrected chi connectivity index (χ3v) is 11.2. The minimum absolute atomic E-state index is 0.236. The van der Waals surface area contributed by atoms with E-state index in [4.69, 9.17) is 14.0 Å². The Bertz CT molecular complexity index is 1220. The van der Waals surface area contributed by atoms with Crippen LogP contribution in [0.3, 0.4) is 0 Å². The highest BCUT2D eigenvalue weighted by Crippen LogP contribution is 2.26. The largest absolute Gasteiger partial charge is 0.397 e. The molecule has 0 saturated carbocycles. The third-order valence-electron chi connectivity index (χ3n) is 10.8. The maximum atomic E-state index is 13.1. The van der Waals surface area contributed by atoms with Crippen molar-refractivity contribution < 1.29 is 57.0 Å². The number of hydrogen-bond acceptors (Lipinski definition) is 11. The average Bonchev–Trinajstić information content (AvgIpc) is 3.20. The van der Waals surface area contributed by atoms with Crippen molar-refractivity contribution in [2.24, 2.45) is 0 Å². The number of carbonyl (C=O) groups is 1. The lowest BCUT2D eigenvalue weighted by atomic mass is 9.99. The maximum absolute atomic E-state index is 13.1. The van der Waals surface area contributed by atoms with E-state index in [0.717, 1.165) is 44.9 Å². The summed E-state index contributed by atoms with van der Waals surface area (Å²) < 4.78 is 47.4. The lowest BCUT2D eigenvalue weighted by molar-refractivity contribution is -0.298. The second-order valence-electron chi connectivity index (χ2n) is 16.1. The fraction of sp³-hybridized carbons (Fsp3) is 0.844. The number of aliphatic hydroxyl groups excluding tert-OH is 5. The Morgan fingerprint density at radius 1 is 0.678 bits per heavy atom. The van der Waals surface area contributed by atoms with Gasteiger partial charge in [-0.3, -0.25) is 9.35 Å². The van der Waals surface area contributed by atoms with Crippen LogP contribution in [0.1, 0.15) is 181 Å². The first kappa shape index (κ1) is 55.3. The van der Waals surface area contributed by atoms with Crippen LogP contribution < -0.4 is 5.32 Å². The summed E-state index contributed by atoms with van der Waals surface area (Å²) in [5, 5.41) is 55.1. The molecule has 14 heteroatoms. The van der Waals surface area contributed by atoms with E-state index in [1.165, 1.54) is 109 Å². The Balaban J connectivity index is 2.60. The van der Waals surface area contributed by atoms with Gasteiger partial charge in [0.25, 0.3) is 0 Å². The Hall–Kier alpha value is -1.72. The van der Waals surface area contributed by atoms with Crippen LogP contribution >= 0.6 is 0 Å². The quantitative estimate of drug-likeness (QED) is 0.0181. The minimum Gasteiger partial charge on any atom is -0.394 e. The summed E-state index contributed by atoms with van der Waals surface area (Å²) in [4.78, 5) is 13.1. The van der Waals surface area contributed by atoms with Crippen LogP contribution in [0, 0.1) is 0 Å². The van der Waals surface area contributed by atoms with Gasteiger partial charge in [-0.1, -0.05) is 172 Å². The SMILES string of the molecule is CCCCC/C=C/CC/C=C/CC/C=C/C(O)C(COC1OC(CO)C(O)C(OS(=O)(=O)O)C1O)NC(=O)C(O)CCCCCCCCCCCCCCCCCCC. The molecule has 0 aromatic rings. The molecule has 0 aromatic carbocycles. The predicted octanol–water partition coefficient (Wildman–Crippen LogP) is 7.69. The van der Waals surface area contributed by atoms with E-state index in [9.17, 15) is 38.7 Å². The third kappa shape index (κ3) is 28.5. The summed E-state index contributed by atoms with van der Waals surface area (Å²) >= 11 is 0. The van der Waals surface area contributed by atoms with Gasteiger partial charge in [-0.2, -0.15) is 8.42 Å². The van der Waals surface area contributed by atoms with Gasteiger partial charge in [0.15, 0.2) is 6.29 Å². The van der Waals surface area contributed by atoms with Gasteiger partial charge >= 0.3 is 10.4 Å². The summed E-state index contributed by atoms with van der Waals surface area (Å²) in [7, 11) is -5.12. The number of nitrogens with one attached hydrogen (secondary N) is 1. The molecule has 0 aliphatic carbocycles. The monoisotopic (exact) mass is 862 g/mol. The van der Waals surface area contributed by atoms with E-state index in [0.29, 0.717) is 12.8 Å². The molecule has 0 radical (unpaired) electrons. The van der Waals surface area contributed by atoms with E-state index < -0.39 is 78.5 Å². The smallest absolute Gasteiger partial charge is 0.394 e. The summed E-state index contributed by atoms with van der Waals surface area (Å²) in [6.07, 6.45) is 29.5. The van der Waals surface area contributed by atoms with Crippen molar-refractivity contribution in [3.05, 3.63) is 36.5 Å². The number of carbonyl (C=O) groups excluding carboxylic acids is 1. The van der Waals surface area contributed by atoms with Crippen LogP contribution in [0.2, 0.25) is 0 Å². The number of amides is 1. The van der Waals surface area contributed by atoms with Gasteiger partial charge in [-0.05, 0) is 44.9 Å². The molecular formula is C45H83NO12S. The Kier molecular flexibility index (Phi) is 33.6. The highest BCUT2D eigenvalue weighted by atomic mass is 32.3. The van der Waals surface area contributed by atoms with Gasteiger partial charge in [0.1, 0.15) is 30.5 Å². The number of rotatable bonds is 38. The van der Waals surface area contributed by atoms with Crippen molar-refractivity contribution in [2.45, 2.75) is 230 Å². The molecule has 8 atom stereocenters. The van der Waals surface area contributed by atoms with Gasteiger partial charge in [0.05, 0.1) is 25.4 Å². The number of hydrogen-bond donors (Lipinski definition) is 7. The molecule has 13 nitrogen and oxygen atoms in total. The van der Waals surface area contributed by atoms with Crippen molar-refractivity contribution >= 4 is 16.3 Å². The molecule has 1 fully saturated rings. The Morgan fingerprint density at radius 2 is 1.14 bits per heavy atom. The van der Waals surface area contributed by atoms with Crippen LogP contribution in [0.15, 0.2) is 36.5 Å². The van der Waals surface area contributed by atoms with Crippen molar-refractivity contribution in [3.63, 3.8) is 0 Å². The van der Waals surface area contributed by atoms with Crippen LogP contribution in [0.25, 0.3) is 0 Å². The van der Waals surface area contributed by atoms with Gasteiger partial charge < -0.3 is 40.3 Å². The van der Waals surface area contributed by atoms with Crippen LogP contribution in [0.4, 0.5) is 0 Å². The molecule has 1 saturated heterocycles. The zero-order chi connectivity index (χ0) is 43.6. The zero-order valence-corrected chi connectivity index (χ0v) is 37.2. The lowest BCUT2D eigenvalue weighted by Gasteiger charge is -2.41. The second-order valence-corrected chi connectivity index (χ2v) is 17.2. The molecule has 0 aromatic heterocycles. The Morgan fingerprint density at radius 3 is 1.63 bits per heavy atom. The molecule has 0 bridgehead atoms. The van der Waals surface area contributed by atoms with Crippen molar-refractivity contribution in [1.82, 2.24) is 5.32 Å². The van der Waals surface area contributed by atoms with Crippen molar-refractivity contribution in [2.75, 3.05) is 13.2 Å². The minimum atomic E-state index is -5.12. The predicted molar refractivity (Wildman–Crippen MR) is 233 cm³/mol. The first-order chi connectivity index (χ1) is 28.4. The molecule has 59 heavy (non-hydrogen) atoms. The molecule has 1 amide bonds. The van der Waals surface area contributed by atoms with Gasteiger partial charge in [-0.25, -0.2) is 4.18 Å². The zero-order valence-electron chi connectivity index (χ0n) is 36.4. The van der Waals surface area contributed by atoms with Gasteiger partial charge in [0, 0.05) is 0 Å².